The van der Waals surface area contributed by atoms with Gasteiger partial charge in [-0.15, -0.1) is 0 Å². The summed E-state index contributed by atoms with van der Waals surface area (Å²) in [5.74, 6) is 0. The fraction of sp³-hybridized carbons (Fsp3) is 0.643. The molecule has 0 saturated heterocycles. The second kappa shape index (κ2) is 14.6. The van der Waals surface area contributed by atoms with Crippen molar-refractivity contribution >= 4 is 0 Å². The third kappa shape index (κ3) is 11.1. The number of unbranched alkanes of at least 4 members (excludes halogenated alkanes) is 5. The maximum Gasteiger partial charge on any atom is 0.174 e. The summed E-state index contributed by atoms with van der Waals surface area (Å²) in [5, 5.41) is 10.0. The standard InChI is InChI=1S/C28H46O2/c1-7-8-9-10-11-12-21-30-27(29)22-24(3)16-13-15-23(2)18-19-26-25(4)17-14-20-28(26,5)6/h13,15-16,18-19,22,27,29H,7-12,14,17,20-21H2,1-6H3/b16-13+,19-18+,23-15-,24-22-. The van der Waals surface area contributed by atoms with Crippen LogP contribution in [0.3, 0.4) is 0 Å². The largest absolute Gasteiger partial charge is 0.365 e. The number of hydrogen-bond donors (Lipinski definition) is 1. The molecule has 0 radical (unpaired) electrons. The van der Waals surface area contributed by atoms with Gasteiger partial charge in [0.05, 0.1) is 6.61 Å². The summed E-state index contributed by atoms with van der Waals surface area (Å²) in [6.45, 7) is 13.9. The Morgan fingerprint density at radius 3 is 2.47 bits per heavy atom. The minimum atomic E-state index is -0.821. The lowest BCUT2D eigenvalue weighted by molar-refractivity contribution is -0.0654. The normalized spacial score (nSPS) is 19.3. The first kappa shape index (κ1) is 26.7. The summed E-state index contributed by atoms with van der Waals surface area (Å²) in [7, 11) is 0. The van der Waals surface area contributed by atoms with Crippen LogP contribution < -0.4 is 0 Å². The van der Waals surface area contributed by atoms with Gasteiger partial charge in [0.25, 0.3) is 0 Å². The fourth-order valence-electron chi connectivity index (χ4n) is 4.05. The molecule has 0 heterocycles. The van der Waals surface area contributed by atoms with Crippen LogP contribution in [0.1, 0.15) is 99.3 Å². The van der Waals surface area contributed by atoms with Crippen molar-refractivity contribution in [3.63, 3.8) is 0 Å². The van der Waals surface area contributed by atoms with Crippen LogP contribution >= 0.6 is 0 Å². The summed E-state index contributed by atoms with van der Waals surface area (Å²) in [6, 6.07) is 0. The molecule has 1 atom stereocenters. The topological polar surface area (TPSA) is 29.5 Å². The van der Waals surface area contributed by atoms with E-state index in [1.807, 2.05) is 19.1 Å². The number of rotatable bonds is 13. The van der Waals surface area contributed by atoms with Gasteiger partial charge in [-0.3, -0.25) is 0 Å². The number of aliphatic hydroxyl groups excluding tert-OH is 1. The molecule has 1 rings (SSSR count). The summed E-state index contributed by atoms with van der Waals surface area (Å²) in [6.07, 6.45) is 22.8. The van der Waals surface area contributed by atoms with Gasteiger partial charge in [-0.25, -0.2) is 0 Å². The molecule has 0 bridgehead atoms. The maximum atomic E-state index is 10.0. The van der Waals surface area contributed by atoms with E-state index < -0.39 is 6.29 Å². The maximum absolute atomic E-state index is 10.0. The molecular weight excluding hydrogens is 368 g/mol. The van der Waals surface area contributed by atoms with Crippen molar-refractivity contribution in [1.29, 1.82) is 0 Å². The van der Waals surface area contributed by atoms with Gasteiger partial charge in [-0.2, -0.15) is 0 Å². The van der Waals surface area contributed by atoms with Crippen molar-refractivity contribution in [2.24, 2.45) is 5.41 Å². The van der Waals surface area contributed by atoms with Crippen LogP contribution in [-0.2, 0) is 4.74 Å². The highest BCUT2D eigenvalue weighted by atomic mass is 16.6. The molecule has 0 aromatic heterocycles. The van der Waals surface area contributed by atoms with E-state index >= 15 is 0 Å². The zero-order valence-electron chi connectivity index (χ0n) is 20.5. The van der Waals surface area contributed by atoms with E-state index in [4.69, 9.17) is 4.74 Å². The van der Waals surface area contributed by atoms with Crippen molar-refractivity contribution in [3.05, 3.63) is 58.7 Å². The van der Waals surface area contributed by atoms with Crippen molar-refractivity contribution in [2.75, 3.05) is 6.61 Å². The molecule has 1 unspecified atom stereocenters. The van der Waals surface area contributed by atoms with Crippen LogP contribution in [-0.4, -0.2) is 18.0 Å². The molecule has 1 aliphatic rings. The predicted molar refractivity (Wildman–Crippen MR) is 131 cm³/mol. The Morgan fingerprint density at radius 2 is 1.77 bits per heavy atom. The van der Waals surface area contributed by atoms with Gasteiger partial charge in [0, 0.05) is 0 Å². The van der Waals surface area contributed by atoms with E-state index in [-0.39, 0.29) is 5.41 Å². The second-order valence-electron chi connectivity index (χ2n) is 9.47. The van der Waals surface area contributed by atoms with Gasteiger partial charge in [-0.1, -0.05) is 100.0 Å². The minimum absolute atomic E-state index is 0.278. The van der Waals surface area contributed by atoms with E-state index in [9.17, 15) is 5.11 Å². The summed E-state index contributed by atoms with van der Waals surface area (Å²) in [5.41, 5.74) is 5.53. The predicted octanol–water partition coefficient (Wildman–Crippen LogP) is 8.21. The number of ether oxygens (including phenoxy) is 1. The van der Waals surface area contributed by atoms with Crippen LogP contribution in [0.25, 0.3) is 0 Å². The van der Waals surface area contributed by atoms with Gasteiger partial charge in [0.2, 0.25) is 0 Å². The number of aliphatic hydroxyl groups is 1. The molecule has 0 fully saturated rings. The van der Waals surface area contributed by atoms with Crippen molar-refractivity contribution < 1.29 is 9.84 Å². The van der Waals surface area contributed by atoms with Crippen LogP contribution in [0.2, 0.25) is 0 Å². The van der Waals surface area contributed by atoms with E-state index in [2.05, 4.69) is 52.8 Å². The minimum Gasteiger partial charge on any atom is -0.365 e. The van der Waals surface area contributed by atoms with Gasteiger partial charge in [-0.05, 0) is 63.5 Å². The van der Waals surface area contributed by atoms with E-state index in [0.717, 1.165) is 12.0 Å². The van der Waals surface area contributed by atoms with Gasteiger partial charge in [0.1, 0.15) is 0 Å². The Balaban J connectivity index is 2.44. The molecule has 0 aliphatic heterocycles. The van der Waals surface area contributed by atoms with Crippen molar-refractivity contribution in [1.82, 2.24) is 0 Å². The molecule has 1 aliphatic carbocycles. The molecule has 0 spiro atoms. The zero-order chi connectivity index (χ0) is 22.4. The molecule has 0 saturated carbocycles. The van der Waals surface area contributed by atoms with E-state index in [1.165, 1.54) is 68.1 Å². The Morgan fingerprint density at radius 1 is 1.07 bits per heavy atom. The lowest BCUT2D eigenvalue weighted by atomic mass is 9.72. The van der Waals surface area contributed by atoms with Crippen LogP contribution in [0.4, 0.5) is 0 Å². The van der Waals surface area contributed by atoms with Crippen LogP contribution in [0, 0.1) is 5.41 Å². The molecule has 0 aromatic rings. The summed E-state index contributed by atoms with van der Waals surface area (Å²) in [4.78, 5) is 0. The molecule has 2 heteroatoms. The zero-order valence-corrected chi connectivity index (χ0v) is 20.5. The molecule has 30 heavy (non-hydrogen) atoms. The summed E-state index contributed by atoms with van der Waals surface area (Å²) < 4.78 is 5.50. The lowest BCUT2D eigenvalue weighted by Gasteiger charge is -2.32. The van der Waals surface area contributed by atoms with Crippen LogP contribution in [0.5, 0.6) is 0 Å². The Labute approximate surface area is 186 Å². The first-order valence-electron chi connectivity index (χ1n) is 12.0. The number of hydrogen-bond acceptors (Lipinski definition) is 2. The Hall–Kier alpha value is -1.38. The molecule has 1 N–H and O–H groups in total. The van der Waals surface area contributed by atoms with E-state index in [0.29, 0.717) is 6.61 Å². The first-order valence-corrected chi connectivity index (χ1v) is 12.0. The monoisotopic (exact) mass is 414 g/mol. The molecule has 0 amide bonds. The molecule has 0 aromatic carbocycles. The van der Waals surface area contributed by atoms with Gasteiger partial charge >= 0.3 is 0 Å². The first-order chi connectivity index (χ1) is 14.3. The van der Waals surface area contributed by atoms with Crippen molar-refractivity contribution in [2.45, 2.75) is 106 Å². The molecule has 2 nitrogen and oxygen atoms in total. The average molecular weight is 415 g/mol. The fourth-order valence-corrected chi connectivity index (χ4v) is 4.05. The van der Waals surface area contributed by atoms with Crippen LogP contribution in [0.15, 0.2) is 58.7 Å². The highest BCUT2D eigenvalue weighted by Gasteiger charge is 2.26. The Kier molecular flexibility index (Phi) is 13.0. The third-order valence-electron chi connectivity index (χ3n) is 5.97. The number of allylic oxidation sites excluding steroid dienone is 9. The Bertz CT molecular complexity index is 644. The molecular formula is C28H46O2. The van der Waals surface area contributed by atoms with Gasteiger partial charge < -0.3 is 9.84 Å². The lowest BCUT2D eigenvalue weighted by Crippen LogP contribution is -2.19. The highest BCUT2D eigenvalue weighted by molar-refractivity contribution is 5.37. The summed E-state index contributed by atoms with van der Waals surface area (Å²) >= 11 is 0. The molecule has 170 valence electrons. The highest BCUT2D eigenvalue weighted by Crippen LogP contribution is 2.40. The van der Waals surface area contributed by atoms with Crippen molar-refractivity contribution in [3.8, 4) is 0 Å². The quantitative estimate of drug-likeness (QED) is 0.187. The second-order valence-corrected chi connectivity index (χ2v) is 9.47. The SMILES string of the molecule is CCCCCCCCOC(O)\C=C(C)/C=C/C=C(C)\C=C\C1=C(C)CCCC1(C)C. The average Bonchev–Trinajstić information content (AvgIpc) is 2.66. The van der Waals surface area contributed by atoms with E-state index in [1.54, 1.807) is 6.08 Å². The third-order valence-corrected chi connectivity index (χ3v) is 5.97. The smallest absolute Gasteiger partial charge is 0.174 e. The van der Waals surface area contributed by atoms with Gasteiger partial charge in [0.15, 0.2) is 6.29 Å².